The molecule has 2 N–H and O–H groups in total. The molecule has 112 valence electrons. The summed E-state index contributed by atoms with van der Waals surface area (Å²) < 4.78 is 0. The highest BCUT2D eigenvalue weighted by molar-refractivity contribution is 6.34. The molecule has 1 aromatic carbocycles. The maximum absolute atomic E-state index is 6.14. The van der Waals surface area contributed by atoms with Crippen molar-refractivity contribution in [2.45, 2.75) is 39.3 Å². The minimum atomic E-state index is 0.186. The summed E-state index contributed by atoms with van der Waals surface area (Å²) >= 11 is 12.3. The quantitative estimate of drug-likeness (QED) is 0.898. The van der Waals surface area contributed by atoms with Gasteiger partial charge in [-0.15, -0.1) is 0 Å². The molecule has 0 spiro atoms. The highest BCUT2D eigenvalue weighted by Gasteiger charge is 2.33. The fraction of sp³-hybridized carbons (Fsp3) is 0.625. The minimum absolute atomic E-state index is 0.186. The summed E-state index contributed by atoms with van der Waals surface area (Å²) in [7, 11) is 0. The fourth-order valence-electron chi connectivity index (χ4n) is 3.40. The zero-order valence-electron chi connectivity index (χ0n) is 12.4. The highest BCUT2D eigenvalue weighted by atomic mass is 35.5. The molecule has 0 saturated carbocycles. The Morgan fingerprint density at radius 2 is 1.80 bits per heavy atom. The number of nitrogens with two attached hydrogens (primary N) is 1. The van der Waals surface area contributed by atoms with Gasteiger partial charge in [-0.3, -0.25) is 4.90 Å². The second kappa shape index (κ2) is 6.65. The Kier molecular flexibility index (Phi) is 5.36. The molecule has 1 saturated heterocycles. The molecule has 0 amide bonds. The Labute approximate surface area is 132 Å². The van der Waals surface area contributed by atoms with Crippen molar-refractivity contribution in [1.82, 2.24) is 4.90 Å². The van der Waals surface area contributed by atoms with Gasteiger partial charge in [-0.2, -0.15) is 0 Å². The lowest BCUT2D eigenvalue weighted by atomic mass is 9.84. The zero-order valence-corrected chi connectivity index (χ0v) is 14.0. The van der Waals surface area contributed by atoms with Gasteiger partial charge >= 0.3 is 0 Å². The number of hydrogen-bond donors (Lipinski definition) is 1. The lowest BCUT2D eigenvalue weighted by molar-refractivity contribution is 0.0424. The van der Waals surface area contributed by atoms with Crippen LogP contribution in [0.25, 0.3) is 0 Å². The molecule has 1 aromatic rings. The molecule has 1 fully saturated rings. The molecule has 4 atom stereocenters. The van der Waals surface area contributed by atoms with Crippen LogP contribution in [0.5, 0.6) is 0 Å². The lowest BCUT2D eigenvalue weighted by Gasteiger charge is -2.45. The number of benzene rings is 1. The van der Waals surface area contributed by atoms with E-state index in [0.717, 1.165) is 12.1 Å². The minimum Gasteiger partial charge on any atom is -0.329 e. The van der Waals surface area contributed by atoms with Gasteiger partial charge in [-0.25, -0.2) is 0 Å². The van der Waals surface area contributed by atoms with Gasteiger partial charge < -0.3 is 5.73 Å². The zero-order chi connectivity index (χ0) is 14.9. The van der Waals surface area contributed by atoms with Crippen molar-refractivity contribution in [2.24, 2.45) is 17.6 Å². The summed E-state index contributed by atoms with van der Waals surface area (Å²) in [5, 5.41) is 1.36. The van der Waals surface area contributed by atoms with Gasteiger partial charge in [0, 0.05) is 35.2 Å². The summed E-state index contributed by atoms with van der Waals surface area (Å²) in [4.78, 5) is 2.51. The van der Waals surface area contributed by atoms with Crippen molar-refractivity contribution < 1.29 is 0 Å². The maximum atomic E-state index is 6.14. The molecule has 0 bridgehead atoms. The largest absolute Gasteiger partial charge is 0.329 e. The molecule has 1 aliphatic heterocycles. The Hall–Kier alpha value is -0.280. The van der Waals surface area contributed by atoms with E-state index in [2.05, 4.69) is 25.7 Å². The van der Waals surface area contributed by atoms with E-state index in [-0.39, 0.29) is 6.04 Å². The Morgan fingerprint density at radius 1 is 1.20 bits per heavy atom. The summed E-state index contributed by atoms with van der Waals surface area (Å²) in [5.41, 5.74) is 7.18. The first-order chi connectivity index (χ1) is 9.42. The van der Waals surface area contributed by atoms with Crippen LogP contribution in [0.4, 0.5) is 0 Å². The molecular formula is C16H24Cl2N2. The highest BCUT2D eigenvalue weighted by Crippen LogP contribution is 2.35. The Balaban J connectivity index is 2.30. The first-order valence-electron chi connectivity index (χ1n) is 7.34. The van der Waals surface area contributed by atoms with E-state index in [1.807, 2.05) is 12.1 Å². The molecule has 1 aliphatic rings. The number of likely N-dealkylation sites (tertiary alicyclic amines) is 1. The first kappa shape index (κ1) is 16.1. The number of rotatable bonds is 3. The predicted octanol–water partition coefficient (Wildman–Crippen LogP) is 4.36. The number of hydrogen-bond acceptors (Lipinski definition) is 2. The van der Waals surface area contributed by atoms with E-state index in [0.29, 0.717) is 34.5 Å². The van der Waals surface area contributed by atoms with Crippen molar-refractivity contribution in [3.63, 3.8) is 0 Å². The average Bonchev–Trinajstić information content (AvgIpc) is 2.34. The van der Waals surface area contributed by atoms with Crippen LogP contribution < -0.4 is 5.73 Å². The maximum Gasteiger partial charge on any atom is 0.0474 e. The molecule has 0 radical (unpaired) electrons. The van der Waals surface area contributed by atoms with Crippen LogP contribution in [-0.4, -0.2) is 24.0 Å². The summed E-state index contributed by atoms with van der Waals surface area (Å²) in [5.74, 6) is 1.38. The van der Waals surface area contributed by atoms with Gasteiger partial charge in [0.25, 0.3) is 0 Å². The van der Waals surface area contributed by atoms with Crippen LogP contribution in [0.2, 0.25) is 10.0 Å². The van der Waals surface area contributed by atoms with E-state index in [4.69, 9.17) is 28.9 Å². The second-order valence-corrected chi connectivity index (χ2v) is 7.08. The van der Waals surface area contributed by atoms with Gasteiger partial charge in [-0.05, 0) is 48.9 Å². The van der Waals surface area contributed by atoms with E-state index >= 15 is 0 Å². The van der Waals surface area contributed by atoms with Crippen molar-refractivity contribution in [3.05, 3.63) is 33.8 Å². The van der Waals surface area contributed by atoms with Crippen molar-refractivity contribution in [2.75, 3.05) is 13.1 Å². The number of nitrogens with zero attached hydrogens (tertiary/aromatic N) is 1. The molecule has 1 heterocycles. The third kappa shape index (κ3) is 3.48. The van der Waals surface area contributed by atoms with E-state index < -0.39 is 0 Å². The van der Waals surface area contributed by atoms with Crippen LogP contribution in [0.15, 0.2) is 18.2 Å². The van der Waals surface area contributed by atoms with Crippen molar-refractivity contribution >= 4 is 23.2 Å². The third-order valence-electron chi connectivity index (χ3n) is 4.54. The van der Waals surface area contributed by atoms with Gasteiger partial charge in [-0.1, -0.05) is 37.0 Å². The first-order valence-corrected chi connectivity index (χ1v) is 8.09. The topological polar surface area (TPSA) is 29.3 Å². The van der Waals surface area contributed by atoms with Gasteiger partial charge in [0.1, 0.15) is 0 Å². The average molecular weight is 315 g/mol. The standard InChI is InChI=1S/C16H24Cl2N2/c1-10-4-11(2)12(3)20(9-10)16(8-19)13-5-14(17)7-15(18)6-13/h5-7,10-12,16H,4,8-9,19H2,1-3H3. The molecule has 2 rings (SSSR count). The van der Waals surface area contributed by atoms with Crippen LogP contribution in [0, 0.1) is 11.8 Å². The predicted molar refractivity (Wildman–Crippen MR) is 87.4 cm³/mol. The van der Waals surface area contributed by atoms with Crippen LogP contribution >= 0.6 is 23.2 Å². The third-order valence-corrected chi connectivity index (χ3v) is 4.97. The molecule has 20 heavy (non-hydrogen) atoms. The molecule has 2 nitrogen and oxygen atoms in total. The monoisotopic (exact) mass is 314 g/mol. The summed E-state index contributed by atoms with van der Waals surface area (Å²) in [6, 6.07) is 6.46. The van der Waals surface area contributed by atoms with E-state index in [9.17, 15) is 0 Å². The summed E-state index contributed by atoms with van der Waals surface area (Å²) in [6.07, 6.45) is 1.28. The second-order valence-electron chi connectivity index (χ2n) is 6.21. The Morgan fingerprint density at radius 3 is 2.35 bits per heavy atom. The fourth-order valence-corrected chi connectivity index (χ4v) is 3.94. The normalized spacial score (nSPS) is 29.4. The van der Waals surface area contributed by atoms with Gasteiger partial charge in [0.15, 0.2) is 0 Å². The number of piperidine rings is 1. The Bertz CT molecular complexity index is 444. The SMILES string of the molecule is CC1CC(C)C(C)N(C(CN)c2cc(Cl)cc(Cl)c2)C1. The summed E-state index contributed by atoms with van der Waals surface area (Å²) in [6.45, 7) is 8.60. The van der Waals surface area contributed by atoms with Crippen molar-refractivity contribution in [1.29, 1.82) is 0 Å². The lowest BCUT2D eigenvalue weighted by Crippen LogP contribution is -2.49. The van der Waals surface area contributed by atoms with Crippen LogP contribution in [0.3, 0.4) is 0 Å². The van der Waals surface area contributed by atoms with E-state index in [1.165, 1.54) is 6.42 Å². The van der Waals surface area contributed by atoms with E-state index in [1.54, 1.807) is 6.07 Å². The molecular weight excluding hydrogens is 291 g/mol. The number of halogens is 2. The molecule has 4 unspecified atom stereocenters. The smallest absolute Gasteiger partial charge is 0.0474 e. The van der Waals surface area contributed by atoms with Crippen LogP contribution in [-0.2, 0) is 0 Å². The molecule has 0 aromatic heterocycles. The molecule has 0 aliphatic carbocycles. The van der Waals surface area contributed by atoms with Crippen molar-refractivity contribution in [3.8, 4) is 0 Å². The van der Waals surface area contributed by atoms with Gasteiger partial charge in [0.05, 0.1) is 0 Å². The molecule has 4 heteroatoms. The van der Waals surface area contributed by atoms with Gasteiger partial charge in [0.2, 0.25) is 0 Å². The van der Waals surface area contributed by atoms with Crippen LogP contribution in [0.1, 0.15) is 38.8 Å².